The molecule has 0 spiro atoms. The fourth-order valence-electron chi connectivity index (χ4n) is 4.26. The molecule has 6 nitrogen and oxygen atoms in total. The second kappa shape index (κ2) is 11.1. The number of methoxy groups -OCH3 is 1. The highest BCUT2D eigenvalue weighted by molar-refractivity contribution is 5.94. The average molecular weight is 452 g/mol. The van der Waals surface area contributed by atoms with Crippen molar-refractivity contribution in [2.24, 2.45) is 0 Å². The van der Waals surface area contributed by atoms with Gasteiger partial charge in [-0.3, -0.25) is 4.79 Å². The van der Waals surface area contributed by atoms with Crippen LogP contribution in [0.25, 0.3) is 11.3 Å². The van der Waals surface area contributed by atoms with Crippen molar-refractivity contribution in [1.82, 2.24) is 10.1 Å². The van der Waals surface area contributed by atoms with Gasteiger partial charge in [0.2, 0.25) is 5.88 Å². The third-order valence-electron chi connectivity index (χ3n) is 5.97. The van der Waals surface area contributed by atoms with E-state index in [9.17, 15) is 9.18 Å². The van der Waals surface area contributed by atoms with Crippen molar-refractivity contribution in [3.8, 4) is 11.3 Å². The van der Waals surface area contributed by atoms with Gasteiger partial charge < -0.3 is 19.1 Å². The van der Waals surface area contributed by atoms with E-state index in [1.807, 2.05) is 30.3 Å². The third-order valence-corrected chi connectivity index (χ3v) is 5.97. The van der Waals surface area contributed by atoms with E-state index in [4.69, 9.17) is 9.26 Å². The first-order valence-electron chi connectivity index (χ1n) is 11.5. The number of aromatic nitrogens is 1. The number of piperidine rings is 1. The molecule has 3 aromatic rings. The highest BCUT2D eigenvalue weighted by atomic mass is 19.1. The number of amides is 1. The molecule has 174 valence electrons. The van der Waals surface area contributed by atoms with Crippen LogP contribution in [0.5, 0.6) is 0 Å². The minimum absolute atomic E-state index is 0.0622. The molecular weight excluding hydrogens is 421 g/mol. The van der Waals surface area contributed by atoms with Crippen LogP contribution in [0, 0.1) is 5.82 Å². The van der Waals surface area contributed by atoms with Crippen molar-refractivity contribution in [3.63, 3.8) is 0 Å². The van der Waals surface area contributed by atoms with Gasteiger partial charge in [-0.05, 0) is 37.8 Å². The van der Waals surface area contributed by atoms with Gasteiger partial charge in [-0.2, -0.15) is 0 Å². The minimum atomic E-state index is -0.524. The molecule has 33 heavy (non-hydrogen) atoms. The van der Waals surface area contributed by atoms with Crippen molar-refractivity contribution < 1.29 is 18.4 Å². The number of halogens is 1. The molecule has 0 aliphatic carbocycles. The normalized spacial score (nSPS) is 13.8. The predicted octanol–water partition coefficient (Wildman–Crippen LogP) is 5.15. The topological polar surface area (TPSA) is 58.8 Å². The van der Waals surface area contributed by atoms with Gasteiger partial charge >= 0.3 is 0 Å². The Morgan fingerprint density at radius 2 is 1.82 bits per heavy atom. The van der Waals surface area contributed by atoms with Crippen molar-refractivity contribution in [2.45, 2.75) is 32.2 Å². The Morgan fingerprint density at radius 3 is 2.55 bits per heavy atom. The lowest BCUT2D eigenvalue weighted by Gasteiger charge is -2.28. The number of hydrogen-bond donors (Lipinski definition) is 0. The van der Waals surface area contributed by atoms with Gasteiger partial charge in [0.1, 0.15) is 11.5 Å². The molecule has 0 saturated carbocycles. The predicted molar refractivity (Wildman–Crippen MR) is 126 cm³/mol. The Morgan fingerprint density at radius 1 is 1.09 bits per heavy atom. The van der Waals surface area contributed by atoms with Crippen LogP contribution >= 0.6 is 0 Å². The smallest absolute Gasteiger partial charge is 0.257 e. The number of carbonyl (C=O) groups is 1. The second-order valence-electron chi connectivity index (χ2n) is 8.28. The Hall–Kier alpha value is -3.19. The molecule has 0 bridgehead atoms. The zero-order chi connectivity index (χ0) is 23.0. The second-order valence-corrected chi connectivity index (χ2v) is 8.28. The number of rotatable bonds is 9. The summed E-state index contributed by atoms with van der Waals surface area (Å²) in [7, 11) is 1.63. The molecule has 0 N–H and O–H groups in total. The van der Waals surface area contributed by atoms with E-state index >= 15 is 0 Å². The monoisotopic (exact) mass is 451 g/mol. The first-order valence-corrected chi connectivity index (χ1v) is 11.5. The van der Waals surface area contributed by atoms with Crippen molar-refractivity contribution in [2.75, 3.05) is 38.3 Å². The van der Waals surface area contributed by atoms with Crippen LogP contribution in [0.15, 0.2) is 59.1 Å². The molecule has 1 aromatic heterocycles. The van der Waals surface area contributed by atoms with Gasteiger partial charge in [0.15, 0.2) is 0 Å². The number of carbonyl (C=O) groups excluding carboxylic acids is 1. The summed E-state index contributed by atoms with van der Waals surface area (Å²) in [5.41, 5.74) is 2.56. The van der Waals surface area contributed by atoms with Crippen LogP contribution in [0.4, 0.5) is 10.3 Å². The molecule has 1 aliphatic heterocycles. The highest BCUT2D eigenvalue weighted by Crippen LogP contribution is 2.34. The summed E-state index contributed by atoms with van der Waals surface area (Å²) in [4.78, 5) is 17.3. The van der Waals surface area contributed by atoms with Crippen LogP contribution in [0.3, 0.4) is 0 Å². The fourth-order valence-corrected chi connectivity index (χ4v) is 4.26. The summed E-state index contributed by atoms with van der Waals surface area (Å²) in [6.45, 7) is 2.99. The van der Waals surface area contributed by atoms with E-state index in [0.29, 0.717) is 31.2 Å². The van der Waals surface area contributed by atoms with Gasteiger partial charge in [0.25, 0.3) is 5.91 Å². The van der Waals surface area contributed by atoms with E-state index < -0.39 is 5.82 Å². The standard InChI is InChI=1S/C26H30FN3O3/c1-32-18-10-17-30(25(31)21-13-6-7-14-23(21)27)19-22-24(20-11-4-2-5-12-20)28-33-26(22)29-15-8-3-9-16-29/h2,4-7,11-14H,3,8-10,15-19H2,1H3. The van der Waals surface area contributed by atoms with Crippen LogP contribution in [-0.4, -0.2) is 49.3 Å². The maximum absolute atomic E-state index is 14.5. The van der Waals surface area contributed by atoms with E-state index in [1.165, 1.54) is 18.6 Å². The zero-order valence-corrected chi connectivity index (χ0v) is 19.0. The first kappa shape index (κ1) is 23.0. The van der Waals surface area contributed by atoms with Crippen molar-refractivity contribution >= 4 is 11.8 Å². The molecule has 0 radical (unpaired) electrons. The lowest BCUT2D eigenvalue weighted by Crippen LogP contribution is -2.34. The Balaban J connectivity index is 1.71. The van der Waals surface area contributed by atoms with E-state index in [1.54, 1.807) is 24.1 Å². The first-order chi connectivity index (χ1) is 16.2. The van der Waals surface area contributed by atoms with Crippen LogP contribution in [-0.2, 0) is 11.3 Å². The molecule has 1 fully saturated rings. The van der Waals surface area contributed by atoms with Crippen molar-refractivity contribution in [1.29, 1.82) is 0 Å². The molecule has 7 heteroatoms. The molecule has 2 aromatic carbocycles. The third kappa shape index (κ3) is 5.42. The Labute approximate surface area is 193 Å². The Kier molecular flexibility index (Phi) is 7.73. The SMILES string of the molecule is COCCCN(Cc1c(-c2ccccc2)noc1N1CCCCC1)C(=O)c1ccccc1F. The van der Waals surface area contributed by atoms with E-state index in [-0.39, 0.29) is 18.0 Å². The molecule has 2 heterocycles. The van der Waals surface area contributed by atoms with Gasteiger partial charge in [-0.25, -0.2) is 4.39 Å². The summed E-state index contributed by atoms with van der Waals surface area (Å²) < 4.78 is 25.5. The number of hydrogen-bond acceptors (Lipinski definition) is 5. The summed E-state index contributed by atoms with van der Waals surface area (Å²) in [5, 5.41) is 4.41. The fraction of sp³-hybridized carbons (Fsp3) is 0.385. The number of benzene rings is 2. The lowest BCUT2D eigenvalue weighted by molar-refractivity contribution is 0.0719. The van der Waals surface area contributed by atoms with Gasteiger partial charge in [-0.1, -0.05) is 47.6 Å². The van der Waals surface area contributed by atoms with E-state index in [2.05, 4.69) is 10.1 Å². The summed E-state index contributed by atoms with van der Waals surface area (Å²) >= 11 is 0. The van der Waals surface area contributed by atoms with E-state index in [0.717, 1.165) is 37.1 Å². The largest absolute Gasteiger partial charge is 0.385 e. The summed E-state index contributed by atoms with van der Waals surface area (Å²) in [6.07, 6.45) is 4.02. The molecule has 1 aliphatic rings. The minimum Gasteiger partial charge on any atom is -0.385 e. The van der Waals surface area contributed by atoms with Crippen LogP contribution in [0.1, 0.15) is 41.6 Å². The maximum Gasteiger partial charge on any atom is 0.257 e. The summed E-state index contributed by atoms with van der Waals surface area (Å²) in [6, 6.07) is 15.9. The van der Waals surface area contributed by atoms with Gasteiger partial charge in [-0.15, -0.1) is 0 Å². The lowest BCUT2D eigenvalue weighted by atomic mass is 10.0. The number of anilines is 1. The number of nitrogens with zero attached hydrogens (tertiary/aromatic N) is 3. The maximum atomic E-state index is 14.5. The highest BCUT2D eigenvalue weighted by Gasteiger charge is 2.28. The molecule has 1 saturated heterocycles. The van der Waals surface area contributed by atoms with Crippen LogP contribution < -0.4 is 4.90 Å². The van der Waals surface area contributed by atoms with Gasteiger partial charge in [0, 0.05) is 38.9 Å². The molecule has 0 atom stereocenters. The van der Waals surface area contributed by atoms with Gasteiger partial charge in [0.05, 0.1) is 17.7 Å². The molecule has 1 amide bonds. The zero-order valence-electron chi connectivity index (χ0n) is 19.0. The molecule has 0 unspecified atom stereocenters. The van der Waals surface area contributed by atoms with Crippen LogP contribution in [0.2, 0.25) is 0 Å². The summed E-state index contributed by atoms with van der Waals surface area (Å²) in [5.74, 6) is -0.176. The Bertz CT molecular complexity index is 1050. The number of ether oxygens (including phenoxy) is 1. The quantitative estimate of drug-likeness (QED) is 0.421. The molecular formula is C26H30FN3O3. The van der Waals surface area contributed by atoms with Crippen molar-refractivity contribution in [3.05, 3.63) is 71.5 Å². The average Bonchev–Trinajstić information content (AvgIpc) is 3.28. The molecule has 4 rings (SSSR count).